The van der Waals surface area contributed by atoms with Crippen molar-refractivity contribution < 1.29 is 13.9 Å². The van der Waals surface area contributed by atoms with Crippen molar-refractivity contribution in [1.82, 2.24) is 4.98 Å². The Morgan fingerprint density at radius 3 is 2.44 bits per heavy atom. The summed E-state index contributed by atoms with van der Waals surface area (Å²) in [6, 6.07) is 7.29. The van der Waals surface area contributed by atoms with Crippen LogP contribution < -0.4 is 0 Å². The zero-order valence-electron chi connectivity index (χ0n) is 9.85. The van der Waals surface area contributed by atoms with E-state index in [1.807, 2.05) is 0 Å². The average Bonchev–Trinajstić information content (AvgIpc) is 2.41. The highest BCUT2D eigenvalue weighted by atomic mass is 19.2. The highest BCUT2D eigenvalue weighted by Crippen LogP contribution is 2.31. The van der Waals surface area contributed by atoms with E-state index >= 15 is 0 Å². The zero-order valence-corrected chi connectivity index (χ0v) is 9.85. The zero-order chi connectivity index (χ0) is 13.1. The van der Waals surface area contributed by atoms with Gasteiger partial charge in [-0.1, -0.05) is 19.1 Å². The molecular weight excluding hydrogens is 236 g/mol. The van der Waals surface area contributed by atoms with E-state index in [9.17, 15) is 13.9 Å². The number of benzene rings is 1. The molecule has 0 bridgehead atoms. The molecule has 1 aromatic carbocycles. The summed E-state index contributed by atoms with van der Waals surface area (Å²) in [5, 5.41) is 10.1. The molecule has 0 aliphatic rings. The Morgan fingerprint density at radius 2 is 1.78 bits per heavy atom. The molecule has 18 heavy (non-hydrogen) atoms. The van der Waals surface area contributed by atoms with Crippen molar-refractivity contribution in [2.24, 2.45) is 0 Å². The molecule has 0 aliphatic carbocycles. The predicted octanol–water partition coefficient (Wildman–Crippen LogP) is 3.20. The topological polar surface area (TPSA) is 33.1 Å². The molecule has 1 aromatic heterocycles. The van der Waals surface area contributed by atoms with Crippen LogP contribution in [0.15, 0.2) is 42.7 Å². The van der Waals surface area contributed by atoms with Crippen LogP contribution in [0.2, 0.25) is 0 Å². The van der Waals surface area contributed by atoms with E-state index in [0.717, 1.165) is 11.6 Å². The lowest BCUT2D eigenvalue weighted by atomic mass is 9.91. The van der Waals surface area contributed by atoms with Gasteiger partial charge in [0.25, 0.3) is 0 Å². The van der Waals surface area contributed by atoms with Gasteiger partial charge in [0.15, 0.2) is 11.6 Å². The first-order chi connectivity index (χ1) is 8.61. The molecule has 1 heterocycles. The number of nitrogens with zero attached hydrogens (tertiary/aromatic N) is 1. The summed E-state index contributed by atoms with van der Waals surface area (Å²) < 4.78 is 26.7. The molecule has 0 saturated heterocycles. The first kappa shape index (κ1) is 12.6. The normalized spacial score (nSPS) is 14.2. The van der Waals surface area contributed by atoms with Gasteiger partial charge in [0.05, 0.1) is 6.10 Å². The van der Waals surface area contributed by atoms with Gasteiger partial charge in [-0.05, 0) is 23.8 Å². The quantitative estimate of drug-likeness (QED) is 0.906. The van der Waals surface area contributed by atoms with Gasteiger partial charge in [0.1, 0.15) is 0 Å². The number of aromatic nitrogens is 1. The van der Waals surface area contributed by atoms with Crippen LogP contribution in [0.3, 0.4) is 0 Å². The smallest absolute Gasteiger partial charge is 0.164 e. The molecule has 2 nitrogen and oxygen atoms in total. The molecule has 0 spiro atoms. The van der Waals surface area contributed by atoms with Crippen LogP contribution in [-0.4, -0.2) is 10.1 Å². The molecule has 0 fully saturated rings. The second-order valence-electron chi connectivity index (χ2n) is 4.16. The number of hydrogen-bond donors (Lipinski definition) is 1. The van der Waals surface area contributed by atoms with Crippen LogP contribution in [0.5, 0.6) is 0 Å². The predicted molar refractivity (Wildman–Crippen MR) is 64.0 cm³/mol. The van der Waals surface area contributed by atoms with Gasteiger partial charge in [0.2, 0.25) is 0 Å². The average molecular weight is 249 g/mol. The summed E-state index contributed by atoms with van der Waals surface area (Å²) in [6.45, 7) is 1.75. The molecule has 94 valence electrons. The maximum absolute atomic E-state index is 13.6. The van der Waals surface area contributed by atoms with Gasteiger partial charge in [0, 0.05) is 23.9 Å². The Morgan fingerprint density at radius 1 is 1.11 bits per heavy atom. The van der Waals surface area contributed by atoms with Crippen molar-refractivity contribution in [2.45, 2.75) is 18.9 Å². The lowest BCUT2D eigenvalue weighted by Crippen LogP contribution is -2.10. The lowest BCUT2D eigenvalue weighted by Gasteiger charge is -2.20. The fourth-order valence-corrected chi connectivity index (χ4v) is 1.87. The maximum atomic E-state index is 13.6. The Labute approximate surface area is 104 Å². The molecule has 0 radical (unpaired) electrons. The molecule has 0 saturated carbocycles. The first-order valence-electron chi connectivity index (χ1n) is 5.63. The van der Waals surface area contributed by atoms with Crippen molar-refractivity contribution in [2.75, 3.05) is 0 Å². The van der Waals surface area contributed by atoms with Crippen LogP contribution in [0.25, 0.3) is 0 Å². The van der Waals surface area contributed by atoms with Crippen LogP contribution in [-0.2, 0) is 0 Å². The van der Waals surface area contributed by atoms with Gasteiger partial charge in [-0.2, -0.15) is 0 Å². The van der Waals surface area contributed by atoms with E-state index in [2.05, 4.69) is 4.98 Å². The molecule has 2 unspecified atom stereocenters. The van der Waals surface area contributed by atoms with Gasteiger partial charge in [-0.25, -0.2) is 8.78 Å². The van der Waals surface area contributed by atoms with Crippen molar-refractivity contribution in [1.29, 1.82) is 0 Å². The fourth-order valence-electron chi connectivity index (χ4n) is 1.87. The second kappa shape index (κ2) is 5.23. The Bertz CT molecular complexity index is 531. The fraction of sp³-hybridized carbons (Fsp3) is 0.214. The lowest BCUT2D eigenvalue weighted by molar-refractivity contribution is 0.146. The maximum Gasteiger partial charge on any atom is 0.164 e. The van der Waals surface area contributed by atoms with Crippen LogP contribution in [0, 0.1) is 11.6 Å². The largest absolute Gasteiger partial charge is 0.388 e. The summed E-state index contributed by atoms with van der Waals surface area (Å²) in [6.07, 6.45) is 2.10. The SMILES string of the molecule is CC(c1ccncc1)C(O)c1cccc(F)c1F. The minimum atomic E-state index is -1.09. The number of pyridine rings is 1. The van der Waals surface area contributed by atoms with E-state index in [4.69, 9.17) is 0 Å². The number of halogens is 2. The van der Waals surface area contributed by atoms with Crippen molar-refractivity contribution >= 4 is 0 Å². The number of rotatable bonds is 3. The molecule has 2 atom stereocenters. The van der Waals surface area contributed by atoms with Crippen molar-refractivity contribution in [3.63, 3.8) is 0 Å². The third-order valence-corrected chi connectivity index (χ3v) is 3.01. The second-order valence-corrected chi connectivity index (χ2v) is 4.16. The van der Waals surface area contributed by atoms with Gasteiger partial charge in [-0.15, -0.1) is 0 Å². The Balaban J connectivity index is 2.31. The van der Waals surface area contributed by atoms with E-state index in [1.54, 1.807) is 31.5 Å². The summed E-state index contributed by atoms with van der Waals surface area (Å²) in [5.74, 6) is -2.29. The van der Waals surface area contributed by atoms with Crippen LogP contribution in [0.4, 0.5) is 8.78 Å². The van der Waals surface area contributed by atoms with Crippen molar-refractivity contribution in [3.05, 3.63) is 65.5 Å². The molecular formula is C14H13F2NO. The Kier molecular flexibility index (Phi) is 3.67. The third-order valence-electron chi connectivity index (χ3n) is 3.01. The molecule has 1 N–H and O–H groups in total. The van der Waals surface area contributed by atoms with Gasteiger partial charge in [-0.3, -0.25) is 4.98 Å². The van der Waals surface area contributed by atoms with Gasteiger partial charge < -0.3 is 5.11 Å². The van der Waals surface area contributed by atoms with Gasteiger partial charge >= 0.3 is 0 Å². The summed E-state index contributed by atoms with van der Waals surface area (Å²) >= 11 is 0. The molecule has 0 aliphatic heterocycles. The highest BCUT2D eigenvalue weighted by Gasteiger charge is 2.22. The molecule has 2 aromatic rings. The van der Waals surface area contributed by atoms with Crippen LogP contribution >= 0.6 is 0 Å². The van der Waals surface area contributed by atoms with E-state index in [-0.39, 0.29) is 11.5 Å². The number of aliphatic hydroxyl groups is 1. The molecule has 2 rings (SSSR count). The minimum Gasteiger partial charge on any atom is -0.388 e. The number of hydrogen-bond acceptors (Lipinski definition) is 2. The molecule has 4 heteroatoms. The summed E-state index contributed by atoms with van der Waals surface area (Å²) in [7, 11) is 0. The van der Waals surface area contributed by atoms with Crippen molar-refractivity contribution in [3.8, 4) is 0 Å². The van der Waals surface area contributed by atoms with E-state index in [0.29, 0.717) is 0 Å². The third kappa shape index (κ3) is 2.38. The minimum absolute atomic E-state index is 0.0284. The Hall–Kier alpha value is -1.81. The first-order valence-corrected chi connectivity index (χ1v) is 5.63. The van der Waals surface area contributed by atoms with Crippen LogP contribution in [0.1, 0.15) is 30.1 Å². The number of aliphatic hydroxyl groups excluding tert-OH is 1. The molecule has 0 amide bonds. The highest BCUT2D eigenvalue weighted by molar-refractivity contribution is 5.26. The monoisotopic (exact) mass is 249 g/mol. The van der Waals surface area contributed by atoms with E-state index < -0.39 is 17.7 Å². The summed E-state index contributed by atoms with van der Waals surface area (Å²) in [4.78, 5) is 3.88. The van der Waals surface area contributed by atoms with E-state index in [1.165, 1.54) is 12.1 Å². The summed E-state index contributed by atoms with van der Waals surface area (Å²) in [5.41, 5.74) is 0.792. The standard InChI is InChI=1S/C14H13F2NO/c1-9(10-5-7-17-8-6-10)14(18)11-3-2-4-12(15)13(11)16/h2-9,14,18H,1H3.